The molecule has 0 bridgehead atoms. The minimum atomic E-state index is 0. The molecular formula is C7H16NNa. The molecule has 0 saturated carbocycles. The van der Waals surface area contributed by atoms with Crippen LogP contribution in [-0.2, 0) is 0 Å². The molecule has 0 rings (SSSR count). The monoisotopic (exact) mass is 137 g/mol. The van der Waals surface area contributed by atoms with Gasteiger partial charge in [0.25, 0.3) is 0 Å². The average molecular weight is 137 g/mol. The zero-order valence-corrected chi connectivity index (χ0v) is 9.15. The van der Waals surface area contributed by atoms with E-state index in [1.165, 1.54) is 0 Å². The van der Waals surface area contributed by atoms with E-state index in [0.29, 0.717) is 0 Å². The first-order valence-electron chi connectivity index (χ1n) is 3.42. The van der Waals surface area contributed by atoms with Crippen LogP contribution in [0.2, 0.25) is 0 Å². The topological polar surface area (TPSA) is 3.24 Å². The summed E-state index contributed by atoms with van der Waals surface area (Å²) in [7, 11) is 0. The summed E-state index contributed by atoms with van der Waals surface area (Å²) in [5, 5.41) is 0. The molecule has 0 aliphatic rings. The Balaban J connectivity index is 0. The zero-order chi connectivity index (χ0) is 6.41. The predicted octanol–water partition coefficient (Wildman–Crippen LogP) is -1.10. The Morgan fingerprint density at radius 3 is 1.67 bits per heavy atom. The summed E-state index contributed by atoms with van der Waals surface area (Å²) >= 11 is 0. The molecule has 2 heteroatoms. The molecular weight excluding hydrogens is 121 g/mol. The van der Waals surface area contributed by atoms with Gasteiger partial charge in [0.2, 0.25) is 0 Å². The van der Waals surface area contributed by atoms with Gasteiger partial charge in [-0.05, 0) is 13.1 Å². The van der Waals surface area contributed by atoms with Crippen molar-refractivity contribution in [1.29, 1.82) is 0 Å². The molecule has 0 atom stereocenters. The molecule has 9 heavy (non-hydrogen) atoms. The number of hydrogen-bond donors (Lipinski definition) is 0. The van der Waals surface area contributed by atoms with Crippen LogP contribution in [-0.4, -0.2) is 18.0 Å². The smallest absolute Gasteiger partial charge is 0.457 e. The molecule has 0 amide bonds. The Kier molecular flexibility index (Phi) is 12.6. The molecule has 0 aromatic carbocycles. The van der Waals surface area contributed by atoms with Gasteiger partial charge < -0.3 is 4.90 Å². The molecule has 0 heterocycles. The average Bonchev–Trinajstić information content (AvgIpc) is 1.83. The Bertz CT molecular complexity index is 44.2. The van der Waals surface area contributed by atoms with Gasteiger partial charge in [0, 0.05) is 0 Å². The zero-order valence-electron chi connectivity index (χ0n) is 7.15. The van der Waals surface area contributed by atoms with Crippen LogP contribution < -0.4 is 29.6 Å². The first-order chi connectivity index (χ1) is 3.85. The number of nitrogens with zero attached hydrogens (tertiary/aromatic N) is 1. The molecule has 1 nitrogen and oxygen atoms in total. The van der Waals surface area contributed by atoms with Crippen LogP contribution in [0.25, 0.3) is 0 Å². The van der Waals surface area contributed by atoms with E-state index in [0.717, 1.165) is 19.5 Å². The SMILES string of the molecule is CC[CH-]N(CC)CC.[Na+]. The third-order valence-electron chi connectivity index (χ3n) is 1.25. The van der Waals surface area contributed by atoms with Crippen LogP contribution >= 0.6 is 0 Å². The minimum absolute atomic E-state index is 0. The maximum absolute atomic E-state index is 2.31. The van der Waals surface area contributed by atoms with E-state index < -0.39 is 0 Å². The Morgan fingerprint density at radius 1 is 1.11 bits per heavy atom. The summed E-state index contributed by atoms with van der Waals surface area (Å²) < 4.78 is 0. The summed E-state index contributed by atoms with van der Waals surface area (Å²) in [5.41, 5.74) is 0. The first kappa shape index (κ1) is 12.6. The molecule has 0 N–H and O–H groups in total. The van der Waals surface area contributed by atoms with Crippen molar-refractivity contribution in [2.24, 2.45) is 0 Å². The molecule has 0 saturated heterocycles. The molecule has 50 valence electrons. The molecule has 0 aromatic rings. The maximum Gasteiger partial charge on any atom is 1.00 e. The van der Waals surface area contributed by atoms with Crippen LogP contribution in [0.4, 0.5) is 0 Å². The summed E-state index contributed by atoms with van der Waals surface area (Å²) in [4.78, 5) is 2.31. The van der Waals surface area contributed by atoms with Crippen LogP contribution in [0.1, 0.15) is 27.2 Å². The van der Waals surface area contributed by atoms with E-state index in [1.54, 1.807) is 0 Å². The van der Waals surface area contributed by atoms with Crippen molar-refractivity contribution in [3.05, 3.63) is 6.54 Å². The third-order valence-corrected chi connectivity index (χ3v) is 1.25. The van der Waals surface area contributed by atoms with E-state index in [1.807, 2.05) is 0 Å². The minimum Gasteiger partial charge on any atom is -0.457 e. The first-order valence-corrected chi connectivity index (χ1v) is 3.42. The molecule has 0 aliphatic heterocycles. The fraction of sp³-hybridized carbons (Fsp3) is 0.857. The normalized spacial score (nSPS) is 9.33. The second kappa shape index (κ2) is 8.96. The van der Waals surface area contributed by atoms with Gasteiger partial charge in [0.1, 0.15) is 0 Å². The van der Waals surface area contributed by atoms with Crippen LogP contribution in [0.3, 0.4) is 0 Å². The fourth-order valence-electron chi connectivity index (χ4n) is 0.740. The third kappa shape index (κ3) is 6.85. The fourth-order valence-corrected chi connectivity index (χ4v) is 0.740. The van der Waals surface area contributed by atoms with E-state index in [4.69, 9.17) is 0 Å². The van der Waals surface area contributed by atoms with Crippen molar-refractivity contribution < 1.29 is 29.6 Å². The number of hydrogen-bond acceptors (Lipinski definition) is 1. The number of rotatable bonds is 4. The van der Waals surface area contributed by atoms with Gasteiger partial charge in [-0.25, -0.2) is 0 Å². The van der Waals surface area contributed by atoms with Crippen molar-refractivity contribution >= 4 is 0 Å². The van der Waals surface area contributed by atoms with E-state index in [-0.39, 0.29) is 29.6 Å². The molecule has 0 spiro atoms. The Hall–Kier alpha value is 0.960. The standard InChI is InChI=1S/C7H16N.Na/c1-4-7-8(5-2)6-3;/h7H,4-6H2,1-3H3;/q-1;+1. The van der Waals surface area contributed by atoms with Crippen LogP contribution in [0, 0.1) is 6.54 Å². The van der Waals surface area contributed by atoms with Gasteiger partial charge in [0.05, 0.1) is 0 Å². The predicted molar refractivity (Wildman–Crippen MR) is 37.5 cm³/mol. The molecule has 0 fully saturated rings. The summed E-state index contributed by atoms with van der Waals surface area (Å²) in [5.74, 6) is 0. The van der Waals surface area contributed by atoms with E-state index >= 15 is 0 Å². The van der Waals surface area contributed by atoms with Crippen LogP contribution in [0.15, 0.2) is 0 Å². The van der Waals surface area contributed by atoms with E-state index in [2.05, 4.69) is 32.2 Å². The largest absolute Gasteiger partial charge is 1.00 e. The summed E-state index contributed by atoms with van der Waals surface area (Å²) in [6, 6.07) is 0. The summed E-state index contributed by atoms with van der Waals surface area (Å²) in [6.45, 7) is 11.0. The molecule has 0 aliphatic carbocycles. The molecule has 0 radical (unpaired) electrons. The van der Waals surface area contributed by atoms with Gasteiger partial charge in [-0.3, -0.25) is 6.54 Å². The van der Waals surface area contributed by atoms with Gasteiger partial charge >= 0.3 is 29.6 Å². The molecule has 0 aromatic heterocycles. The Morgan fingerprint density at radius 2 is 1.56 bits per heavy atom. The maximum atomic E-state index is 2.31. The summed E-state index contributed by atoms with van der Waals surface area (Å²) in [6.07, 6.45) is 1.15. The second-order valence-electron chi connectivity index (χ2n) is 1.81. The van der Waals surface area contributed by atoms with Crippen molar-refractivity contribution in [3.8, 4) is 0 Å². The van der Waals surface area contributed by atoms with Gasteiger partial charge in [-0.2, -0.15) is 6.42 Å². The van der Waals surface area contributed by atoms with Crippen molar-refractivity contribution in [1.82, 2.24) is 4.90 Å². The quantitative estimate of drug-likeness (QED) is 0.351. The second-order valence-corrected chi connectivity index (χ2v) is 1.81. The van der Waals surface area contributed by atoms with Crippen LogP contribution in [0.5, 0.6) is 0 Å². The molecule has 0 unspecified atom stereocenters. The van der Waals surface area contributed by atoms with Gasteiger partial charge in [-0.15, -0.1) is 0 Å². The van der Waals surface area contributed by atoms with Gasteiger partial charge in [0.15, 0.2) is 0 Å². The van der Waals surface area contributed by atoms with Crippen molar-refractivity contribution in [2.75, 3.05) is 13.1 Å². The van der Waals surface area contributed by atoms with E-state index in [9.17, 15) is 0 Å². The van der Waals surface area contributed by atoms with Crippen molar-refractivity contribution in [3.63, 3.8) is 0 Å². The van der Waals surface area contributed by atoms with Gasteiger partial charge in [-0.1, -0.05) is 20.8 Å². The Labute approximate surface area is 81.1 Å². The van der Waals surface area contributed by atoms with Crippen molar-refractivity contribution in [2.45, 2.75) is 27.2 Å².